The van der Waals surface area contributed by atoms with E-state index in [2.05, 4.69) is 24.7 Å². The Bertz CT molecular complexity index is 663. The topological polar surface area (TPSA) is 53.3 Å². The van der Waals surface area contributed by atoms with Crippen molar-refractivity contribution in [3.8, 4) is 11.3 Å². The number of esters is 1. The standard InChI is InChI=1S/C18H26N2O3Si/c1-5-23-18(21)16-13-19-20(14-22-11-12-24(2,3)4)17(16)15-9-7-6-8-10-15/h6-10,13H,5,11-12,14H2,1-4H3. The van der Waals surface area contributed by atoms with Gasteiger partial charge in [-0.15, -0.1) is 0 Å². The van der Waals surface area contributed by atoms with Gasteiger partial charge in [-0.25, -0.2) is 9.48 Å². The minimum Gasteiger partial charge on any atom is -0.462 e. The van der Waals surface area contributed by atoms with Crippen LogP contribution in [0.4, 0.5) is 0 Å². The lowest BCUT2D eigenvalue weighted by Gasteiger charge is -2.16. The van der Waals surface area contributed by atoms with Gasteiger partial charge in [0, 0.05) is 20.2 Å². The van der Waals surface area contributed by atoms with Crippen LogP contribution in [0.25, 0.3) is 11.3 Å². The summed E-state index contributed by atoms with van der Waals surface area (Å²) in [6.07, 6.45) is 1.56. The first-order valence-corrected chi connectivity index (χ1v) is 12.0. The van der Waals surface area contributed by atoms with Gasteiger partial charge in [-0.1, -0.05) is 50.0 Å². The quantitative estimate of drug-likeness (QED) is 0.411. The van der Waals surface area contributed by atoms with Gasteiger partial charge in [0.1, 0.15) is 12.3 Å². The molecular formula is C18H26N2O3Si. The minimum absolute atomic E-state index is 0.327. The normalized spacial score (nSPS) is 11.5. The maximum absolute atomic E-state index is 12.2. The van der Waals surface area contributed by atoms with Crippen molar-refractivity contribution in [3.05, 3.63) is 42.1 Å². The lowest BCUT2D eigenvalue weighted by Crippen LogP contribution is -2.22. The van der Waals surface area contributed by atoms with Gasteiger partial charge in [0.25, 0.3) is 0 Å². The van der Waals surface area contributed by atoms with Crippen molar-refractivity contribution in [2.45, 2.75) is 39.3 Å². The fourth-order valence-electron chi connectivity index (χ4n) is 2.27. The van der Waals surface area contributed by atoms with Gasteiger partial charge in [0.15, 0.2) is 0 Å². The van der Waals surface area contributed by atoms with E-state index in [1.165, 1.54) is 0 Å². The van der Waals surface area contributed by atoms with E-state index >= 15 is 0 Å². The molecule has 6 heteroatoms. The second-order valence-corrected chi connectivity index (χ2v) is 12.5. The second kappa shape index (κ2) is 8.26. The maximum atomic E-state index is 12.2. The number of carbonyl (C=O) groups excluding carboxylic acids is 1. The first-order valence-electron chi connectivity index (χ1n) is 8.28. The fraction of sp³-hybridized carbons (Fsp3) is 0.444. The van der Waals surface area contributed by atoms with E-state index in [1.807, 2.05) is 30.3 Å². The number of benzene rings is 1. The fourth-order valence-corrected chi connectivity index (χ4v) is 3.03. The van der Waals surface area contributed by atoms with E-state index in [1.54, 1.807) is 17.8 Å². The number of hydrogen-bond donors (Lipinski definition) is 0. The van der Waals surface area contributed by atoms with Crippen LogP contribution in [-0.4, -0.2) is 37.0 Å². The van der Waals surface area contributed by atoms with E-state index in [0.29, 0.717) is 25.5 Å². The van der Waals surface area contributed by atoms with Crippen LogP contribution < -0.4 is 0 Å². The molecule has 2 aromatic rings. The van der Waals surface area contributed by atoms with Crippen LogP contribution in [-0.2, 0) is 16.2 Å². The lowest BCUT2D eigenvalue weighted by atomic mass is 10.1. The summed E-state index contributed by atoms with van der Waals surface area (Å²) in [4.78, 5) is 12.2. The van der Waals surface area contributed by atoms with Crippen LogP contribution in [0.1, 0.15) is 17.3 Å². The molecule has 0 saturated carbocycles. The number of ether oxygens (including phenoxy) is 2. The predicted molar refractivity (Wildman–Crippen MR) is 97.7 cm³/mol. The van der Waals surface area contributed by atoms with Crippen LogP contribution in [0.3, 0.4) is 0 Å². The van der Waals surface area contributed by atoms with Crippen LogP contribution in [0.2, 0.25) is 25.7 Å². The molecule has 0 saturated heterocycles. The number of carbonyl (C=O) groups is 1. The summed E-state index contributed by atoms with van der Waals surface area (Å²) in [5.74, 6) is -0.357. The molecule has 0 aliphatic carbocycles. The van der Waals surface area contributed by atoms with Crippen LogP contribution in [0.15, 0.2) is 36.5 Å². The molecule has 1 aromatic heterocycles. The number of rotatable bonds is 8. The Kier molecular flexibility index (Phi) is 6.34. The number of nitrogens with zero attached hydrogens (tertiary/aromatic N) is 2. The molecule has 2 rings (SSSR count). The monoisotopic (exact) mass is 346 g/mol. The summed E-state index contributed by atoms with van der Waals surface area (Å²) in [5, 5.41) is 4.33. The molecule has 0 fully saturated rings. The van der Waals surface area contributed by atoms with E-state index in [0.717, 1.165) is 17.3 Å². The van der Waals surface area contributed by atoms with Gasteiger partial charge in [-0.3, -0.25) is 0 Å². The molecule has 0 atom stereocenters. The molecule has 1 aromatic carbocycles. The Morgan fingerprint density at radius 1 is 1.21 bits per heavy atom. The molecular weight excluding hydrogens is 320 g/mol. The molecule has 5 nitrogen and oxygen atoms in total. The molecule has 0 aliphatic rings. The van der Waals surface area contributed by atoms with Crippen molar-refractivity contribution in [3.63, 3.8) is 0 Å². The Balaban J connectivity index is 2.20. The predicted octanol–water partition coefficient (Wildman–Crippen LogP) is 4.04. The summed E-state index contributed by atoms with van der Waals surface area (Å²) in [6, 6.07) is 10.8. The Morgan fingerprint density at radius 2 is 1.92 bits per heavy atom. The first kappa shape index (κ1) is 18.4. The highest BCUT2D eigenvalue weighted by molar-refractivity contribution is 6.76. The highest BCUT2D eigenvalue weighted by atomic mass is 28.3. The van der Waals surface area contributed by atoms with Gasteiger partial charge in [-0.05, 0) is 13.0 Å². The summed E-state index contributed by atoms with van der Waals surface area (Å²) in [7, 11) is -1.13. The van der Waals surface area contributed by atoms with Crippen molar-refractivity contribution in [2.75, 3.05) is 13.2 Å². The molecule has 0 bridgehead atoms. The van der Waals surface area contributed by atoms with Crippen LogP contribution in [0, 0.1) is 0 Å². The highest BCUT2D eigenvalue weighted by Gasteiger charge is 2.20. The maximum Gasteiger partial charge on any atom is 0.341 e. The van der Waals surface area contributed by atoms with Crippen molar-refractivity contribution >= 4 is 14.0 Å². The second-order valence-electron chi connectivity index (χ2n) is 6.84. The average molecular weight is 347 g/mol. The van der Waals surface area contributed by atoms with E-state index in [9.17, 15) is 4.79 Å². The van der Waals surface area contributed by atoms with Gasteiger partial charge in [-0.2, -0.15) is 5.10 Å². The van der Waals surface area contributed by atoms with Gasteiger partial charge >= 0.3 is 5.97 Å². The third-order valence-electron chi connectivity index (χ3n) is 3.59. The number of hydrogen-bond acceptors (Lipinski definition) is 4. The lowest BCUT2D eigenvalue weighted by molar-refractivity contribution is 0.0526. The Hall–Kier alpha value is -1.92. The summed E-state index contributed by atoms with van der Waals surface area (Å²) in [6.45, 7) is 10.1. The smallest absolute Gasteiger partial charge is 0.341 e. The third kappa shape index (κ3) is 5.04. The summed E-state index contributed by atoms with van der Waals surface area (Å²) >= 11 is 0. The SMILES string of the molecule is CCOC(=O)c1cnn(COCC[Si](C)(C)C)c1-c1ccccc1. The molecule has 0 radical (unpaired) electrons. The largest absolute Gasteiger partial charge is 0.462 e. The Labute approximate surface area is 144 Å². The average Bonchev–Trinajstić information content (AvgIpc) is 2.96. The minimum atomic E-state index is -1.13. The van der Waals surface area contributed by atoms with Gasteiger partial charge in [0.05, 0.1) is 18.5 Å². The molecule has 1 heterocycles. The van der Waals surface area contributed by atoms with Gasteiger partial charge < -0.3 is 9.47 Å². The molecule has 0 spiro atoms. The summed E-state index contributed by atoms with van der Waals surface area (Å²) < 4.78 is 12.7. The van der Waals surface area contributed by atoms with Crippen molar-refractivity contribution in [1.29, 1.82) is 0 Å². The van der Waals surface area contributed by atoms with E-state index < -0.39 is 8.07 Å². The zero-order valence-corrected chi connectivity index (χ0v) is 15.9. The molecule has 130 valence electrons. The highest BCUT2D eigenvalue weighted by Crippen LogP contribution is 2.24. The number of aromatic nitrogens is 2. The van der Waals surface area contributed by atoms with Gasteiger partial charge in [0.2, 0.25) is 0 Å². The zero-order valence-electron chi connectivity index (χ0n) is 14.9. The Morgan fingerprint density at radius 3 is 2.54 bits per heavy atom. The van der Waals surface area contributed by atoms with Crippen LogP contribution >= 0.6 is 0 Å². The zero-order chi connectivity index (χ0) is 17.6. The van der Waals surface area contributed by atoms with Crippen LogP contribution in [0.5, 0.6) is 0 Å². The molecule has 24 heavy (non-hydrogen) atoms. The van der Waals surface area contributed by atoms with E-state index in [4.69, 9.17) is 9.47 Å². The third-order valence-corrected chi connectivity index (χ3v) is 5.30. The molecule has 0 amide bonds. The summed E-state index contributed by atoms with van der Waals surface area (Å²) in [5.41, 5.74) is 2.13. The first-order chi connectivity index (χ1) is 11.4. The van der Waals surface area contributed by atoms with E-state index in [-0.39, 0.29) is 5.97 Å². The molecule has 0 unspecified atom stereocenters. The molecule has 0 N–H and O–H groups in total. The molecule has 0 aliphatic heterocycles. The van der Waals surface area contributed by atoms with Crippen molar-refractivity contribution in [1.82, 2.24) is 9.78 Å². The van der Waals surface area contributed by atoms with Crippen molar-refractivity contribution < 1.29 is 14.3 Å². The van der Waals surface area contributed by atoms with Crippen molar-refractivity contribution in [2.24, 2.45) is 0 Å².